The number of nitrogens with one attached hydrogen (secondary N) is 1. The molecular weight excluding hydrogens is 564 g/mol. The Bertz CT molecular complexity index is 1230. The highest BCUT2D eigenvalue weighted by Gasteiger charge is 2.39. The van der Waals surface area contributed by atoms with Crippen LogP contribution in [0.25, 0.3) is 0 Å². The molecule has 0 bridgehead atoms. The second kappa shape index (κ2) is 14.8. The second-order valence-corrected chi connectivity index (χ2v) is 14.0. The number of alkyl halides is 1. The van der Waals surface area contributed by atoms with E-state index in [2.05, 4.69) is 31.6 Å². The van der Waals surface area contributed by atoms with E-state index in [4.69, 9.17) is 19.2 Å². The van der Waals surface area contributed by atoms with Gasteiger partial charge >= 0.3 is 5.97 Å². The number of esters is 1. The lowest BCUT2D eigenvalue weighted by molar-refractivity contribution is -0.161. The van der Waals surface area contributed by atoms with E-state index in [1.807, 2.05) is 39.0 Å². The van der Waals surface area contributed by atoms with Crippen LogP contribution in [0.5, 0.6) is 0 Å². The van der Waals surface area contributed by atoms with Gasteiger partial charge in [0.2, 0.25) is 0 Å². The summed E-state index contributed by atoms with van der Waals surface area (Å²) in [6.07, 6.45) is 6.13. The molecule has 9 heteroatoms. The highest BCUT2D eigenvalue weighted by atomic mass is 31.0. The third-order valence-corrected chi connectivity index (χ3v) is 9.06. The average molecular weight is 614 g/mol. The highest BCUT2D eigenvalue weighted by Crippen LogP contribution is 2.35. The molecule has 5 atom stereocenters. The van der Waals surface area contributed by atoms with Gasteiger partial charge in [-0.3, -0.25) is 4.90 Å². The number of pyridine rings is 1. The molecule has 3 aliphatic heterocycles. The molecule has 236 valence electrons. The lowest BCUT2D eigenvalue weighted by atomic mass is 9.96. The van der Waals surface area contributed by atoms with E-state index in [0.29, 0.717) is 39.3 Å². The van der Waals surface area contributed by atoms with Crippen molar-refractivity contribution < 1.29 is 23.4 Å². The van der Waals surface area contributed by atoms with Gasteiger partial charge in [0.15, 0.2) is 0 Å². The van der Waals surface area contributed by atoms with Gasteiger partial charge in [-0.15, -0.1) is 9.24 Å². The number of aromatic nitrogens is 1. The number of hydrogen-bond acceptors (Lipinski definition) is 7. The van der Waals surface area contributed by atoms with E-state index in [-0.39, 0.29) is 18.0 Å². The van der Waals surface area contributed by atoms with Crippen molar-refractivity contribution in [3.05, 3.63) is 52.7 Å². The molecule has 7 nitrogen and oxygen atoms in total. The molecule has 43 heavy (non-hydrogen) atoms. The lowest BCUT2D eigenvalue weighted by Crippen LogP contribution is -2.38. The van der Waals surface area contributed by atoms with E-state index >= 15 is 4.39 Å². The largest absolute Gasteiger partial charge is 0.459 e. The predicted molar refractivity (Wildman–Crippen MR) is 172 cm³/mol. The van der Waals surface area contributed by atoms with Gasteiger partial charge in [0, 0.05) is 31.3 Å². The molecule has 4 heterocycles. The van der Waals surface area contributed by atoms with Gasteiger partial charge in [-0.05, 0) is 106 Å². The summed E-state index contributed by atoms with van der Waals surface area (Å²) in [4.78, 5) is 20.7. The van der Waals surface area contributed by atoms with Crippen molar-refractivity contribution in [2.24, 2.45) is 5.92 Å². The summed E-state index contributed by atoms with van der Waals surface area (Å²) >= 11 is 0. The molecule has 2 aromatic rings. The lowest BCUT2D eigenvalue weighted by Gasteiger charge is -2.32. The molecule has 0 radical (unpaired) electrons. The Morgan fingerprint density at radius 1 is 1.23 bits per heavy atom. The Kier molecular flexibility index (Phi) is 11.1. The number of hydrogen-bond donors (Lipinski definition) is 1. The maximum atomic E-state index is 15.6. The molecule has 1 aromatic heterocycles. The van der Waals surface area contributed by atoms with Crippen molar-refractivity contribution in [3.8, 4) is 0 Å². The molecule has 1 N–H and O–H groups in total. The smallest absolute Gasteiger partial charge is 0.328 e. The molecule has 0 spiro atoms. The summed E-state index contributed by atoms with van der Waals surface area (Å²) in [6, 6.07) is 9.78. The van der Waals surface area contributed by atoms with Gasteiger partial charge in [-0.25, -0.2) is 14.2 Å². The fourth-order valence-electron chi connectivity index (χ4n) is 6.42. The topological polar surface area (TPSA) is 72.9 Å². The van der Waals surface area contributed by atoms with Crippen molar-refractivity contribution in [3.63, 3.8) is 0 Å². The van der Waals surface area contributed by atoms with Crippen LogP contribution in [-0.4, -0.2) is 66.6 Å². The summed E-state index contributed by atoms with van der Waals surface area (Å²) in [7, 11) is 2.73. The number of carbonyl (C=O) groups is 1. The first kappa shape index (κ1) is 32.3. The van der Waals surface area contributed by atoms with Crippen molar-refractivity contribution >= 4 is 26.3 Å². The number of anilines is 1. The van der Waals surface area contributed by atoms with E-state index in [0.717, 1.165) is 79.4 Å². The molecule has 0 saturated carbocycles. The number of unbranched alkanes of at least 4 members (excludes halogenated alkanes) is 1. The zero-order valence-corrected chi connectivity index (χ0v) is 27.2. The minimum absolute atomic E-state index is 0.0617. The van der Waals surface area contributed by atoms with Crippen LogP contribution in [0, 0.1) is 5.92 Å². The van der Waals surface area contributed by atoms with Crippen LogP contribution < -0.4 is 10.6 Å². The number of benzene rings is 1. The molecule has 1 aromatic carbocycles. The number of fused-ring (bicyclic) bond motifs is 1. The van der Waals surface area contributed by atoms with Gasteiger partial charge in [-0.2, -0.15) is 0 Å². The minimum atomic E-state index is -0.902. The first-order valence-corrected chi connectivity index (χ1v) is 16.7. The zero-order chi connectivity index (χ0) is 30.4. The number of ether oxygens (including phenoxy) is 3. The van der Waals surface area contributed by atoms with Crippen LogP contribution in [0.3, 0.4) is 0 Å². The van der Waals surface area contributed by atoms with Crippen LogP contribution in [-0.2, 0) is 38.5 Å². The molecular formula is C34H49FN3O4P. The third-order valence-electron chi connectivity index (χ3n) is 8.70. The number of carbonyl (C=O) groups excluding carboxylic acids is 1. The monoisotopic (exact) mass is 613 g/mol. The van der Waals surface area contributed by atoms with Crippen LogP contribution in [0.15, 0.2) is 30.3 Å². The molecule has 0 amide bonds. The van der Waals surface area contributed by atoms with Crippen molar-refractivity contribution in [1.29, 1.82) is 0 Å². The van der Waals surface area contributed by atoms with Crippen LogP contribution >= 0.6 is 9.24 Å². The van der Waals surface area contributed by atoms with E-state index in [1.165, 1.54) is 5.56 Å². The average Bonchev–Trinajstić information content (AvgIpc) is 3.67. The summed E-state index contributed by atoms with van der Waals surface area (Å²) < 4.78 is 33.2. The molecule has 2 saturated heterocycles. The summed E-state index contributed by atoms with van der Waals surface area (Å²) in [5.41, 5.74) is 3.58. The van der Waals surface area contributed by atoms with Crippen LogP contribution in [0.1, 0.15) is 87.7 Å². The predicted octanol–water partition coefficient (Wildman–Crippen LogP) is 5.70. The first-order chi connectivity index (χ1) is 20.7. The van der Waals surface area contributed by atoms with E-state index < -0.39 is 17.8 Å². The quantitative estimate of drug-likeness (QED) is 0.187. The van der Waals surface area contributed by atoms with Gasteiger partial charge in [0.05, 0.1) is 19.3 Å². The van der Waals surface area contributed by atoms with Crippen molar-refractivity contribution in [2.75, 3.05) is 38.2 Å². The van der Waals surface area contributed by atoms with Gasteiger partial charge < -0.3 is 19.5 Å². The number of nitrogens with zero attached hydrogens (tertiary/aromatic N) is 2. The normalized spacial score (nSPS) is 22.2. The molecule has 3 unspecified atom stereocenters. The standard InChI is InChI=1S/C34H49FN3O4P/c1-34(2,3)42-33(39)31(29-19-28(43)13-11-25(29)21-41-27-15-18-40-22-27)38-17-14-24(20-38)30(35)9-5-4-8-26-12-10-23-7-6-16-36-32(23)37-26/h10-13,19,24,27,30-31H,4-9,14-18,20-22,43H2,1-3H3,(H,36,37)/t24-,27+,30?,31?/m1/s1. The summed E-state index contributed by atoms with van der Waals surface area (Å²) in [5, 5.41) is 4.38. The van der Waals surface area contributed by atoms with E-state index in [1.54, 1.807) is 0 Å². The second-order valence-electron chi connectivity index (χ2n) is 13.3. The maximum Gasteiger partial charge on any atom is 0.328 e. The Morgan fingerprint density at radius 3 is 2.88 bits per heavy atom. The SMILES string of the molecule is CC(C)(C)OC(=O)C(c1cc(P)ccc1CO[C@H]1CCOC1)N1CC[C@@H](C(F)CCCCc2ccc3c(n2)NCCC3)C1. The molecule has 0 aliphatic carbocycles. The molecule has 2 fully saturated rings. The number of likely N-dealkylation sites (tertiary alicyclic amines) is 1. The first-order valence-electron chi connectivity index (χ1n) is 16.1. The third kappa shape index (κ3) is 8.97. The molecule has 5 rings (SSSR count). The molecule has 3 aliphatic rings. The summed E-state index contributed by atoms with van der Waals surface area (Å²) in [6.45, 7) is 9.53. The van der Waals surface area contributed by atoms with Crippen molar-refractivity contribution in [1.82, 2.24) is 9.88 Å². The van der Waals surface area contributed by atoms with Crippen LogP contribution in [0.2, 0.25) is 0 Å². The van der Waals surface area contributed by atoms with Gasteiger partial charge in [0.1, 0.15) is 23.6 Å². The number of aryl methyl sites for hydroxylation is 2. The number of halogens is 1. The Morgan fingerprint density at radius 2 is 2.09 bits per heavy atom. The Hall–Kier alpha value is -2.12. The minimum Gasteiger partial charge on any atom is -0.459 e. The maximum absolute atomic E-state index is 15.6. The summed E-state index contributed by atoms with van der Waals surface area (Å²) in [5.74, 6) is 0.620. The highest BCUT2D eigenvalue weighted by molar-refractivity contribution is 7.27. The number of rotatable bonds is 12. The van der Waals surface area contributed by atoms with Gasteiger partial charge in [0.25, 0.3) is 0 Å². The van der Waals surface area contributed by atoms with Gasteiger partial charge in [-0.1, -0.05) is 24.6 Å². The van der Waals surface area contributed by atoms with Crippen LogP contribution in [0.4, 0.5) is 10.2 Å². The van der Waals surface area contributed by atoms with Crippen molar-refractivity contribution in [2.45, 2.75) is 103 Å². The fraction of sp³-hybridized carbons (Fsp3) is 0.647. The fourth-order valence-corrected chi connectivity index (χ4v) is 6.69. The Balaban J connectivity index is 1.21. The Labute approximate surface area is 258 Å². The van der Waals surface area contributed by atoms with E-state index in [9.17, 15) is 4.79 Å². The zero-order valence-electron chi connectivity index (χ0n) is 26.1.